The number of ether oxygens (including phenoxy) is 1. The van der Waals surface area contributed by atoms with E-state index in [1.165, 1.54) is 16.9 Å². The Morgan fingerprint density at radius 2 is 2.00 bits per heavy atom. The van der Waals surface area contributed by atoms with E-state index in [0.717, 1.165) is 34.3 Å². The van der Waals surface area contributed by atoms with E-state index in [0.29, 0.717) is 28.6 Å². The Balaban J connectivity index is 1.37. The fraction of sp³-hybridized carbons (Fsp3) is 0.296. The van der Waals surface area contributed by atoms with Crippen LogP contribution < -0.4 is 10.2 Å². The highest BCUT2D eigenvalue weighted by Gasteiger charge is 2.25. The van der Waals surface area contributed by atoms with E-state index in [2.05, 4.69) is 42.2 Å². The van der Waals surface area contributed by atoms with Gasteiger partial charge in [0.05, 0.1) is 21.3 Å². The first kappa shape index (κ1) is 24.7. The van der Waals surface area contributed by atoms with Gasteiger partial charge in [-0.25, -0.2) is 14.8 Å². The molecule has 4 aromatic rings. The molecule has 2 aromatic heterocycles. The maximum Gasteiger partial charge on any atom is 0.358 e. The van der Waals surface area contributed by atoms with Crippen molar-refractivity contribution in [2.75, 3.05) is 23.4 Å². The first-order valence-electron chi connectivity index (χ1n) is 11.9. The van der Waals surface area contributed by atoms with Gasteiger partial charge in [0.25, 0.3) is 0 Å². The molecule has 0 saturated carbocycles. The number of esters is 1. The third-order valence-corrected chi connectivity index (χ3v) is 7.66. The van der Waals surface area contributed by atoms with Gasteiger partial charge in [0.15, 0.2) is 17.1 Å². The van der Waals surface area contributed by atoms with Gasteiger partial charge in [0, 0.05) is 18.7 Å². The van der Waals surface area contributed by atoms with Crippen LogP contribution in [0.15, 0.2) is 59.1 Å². The second kappa shape index (κ2) is 10.5. The van der Waals surface area contributed by atoms with Gasteiger partial charge in [-0.3, -0.25) is 0 Å². The number of nitrogens with one attached hydrogen (secondary N) is 1. The standard InChI is InChI=1S/C27H27BrN4O3S/c1-16(2)15-35-26(34)24-20(28)10-11-23(30-24)32-13-12-17-6-5-7-18(19(17)14-32)25(33)31-27-29-21-8-3-4-9-22(21)36-27/h3-11,16,25,33H,12-15H2,1-2H3,(H,29,31). The van der Waals surface area contributed by atoms with Crippen molar-refractivity contribution < 1.29 is 14.6 Å². The smallest absolute Gasteiger partial charge is 0.358 e. The van der Waals surface area contributed by atoms with Crippen molar-refractivity contribution in [1.82, 2.24) is 9.97 Å². The number of carbonyl (C=O) groups excluding carboxylic acids is 1. The molecule has 7 nitrogen and oxygen atoms in total. The third-order valence-electron chi connectivity index (χ3n) is 6.05. The van der Waals surface area contributed by atoms with Gasteiger partial charge in [0.2, 0.25) is 0 Å². The predicted octanol–water partition coefficient (Wildman–Crippen LogP) is 5.93. The van der Waals surface area contributed by atoms with Gasteiger partial charge in [-0.1, -0.05) is 55.5 Å². The molecule has 2 N–H and O–H groups in total. The Labute approximate surface area is 222 Å². The number of benzene rings is 2. The number of para-hydroxylation sites is 1. The lowest BCUT2D eigenvalue weighted by atomic mass is 9.94. The van der Waals surface area contributed by atoms with Crippen LogP contribution in [0.25, 0.3) is 10.2 Å². The summed E-state index contributed by atoms with van der Waals surface area (Å²) in [7, 11) is 0. The highest BCUT2D eigenvalue weighted by molar-refractivity contribution is 9.10. The lowest BCUT2D eigenvalue weighted by Crippen LogP contribution is -2.33. The summed E-state index contributed by atoms with van der Waals surface area (Å²) < 4.78 is 7.07. The number of hydrogen-bond acceptors (Lipinski definition) is 8. The largest absolute Gasteiger partial charge is 0.461 e. The number of halogens is 1. The lowest BCUT2D eigenvalue weighted by molar-refractivity contribution is 0.0451. The molecule has 1 unspecified atom stereocenters. The van der Waals surface area contributed by atoms with E-state index < -0.39 is 12.2 Å². The van der Waals surface area contributed by atoms with Crippen molar-refractivity contribution in [2.45, 2.75) is 33.0 Å². The molecule has 0 saturated heterocycles. The average Bonchev–Trinajstić information content (AvgIpc) is 3.29. The number of fused-ring (bicyclic) bond motifs is 2. The van der Waals surface area contributed by atoms with Gasteiger partial charge >= 0.3 is 5.97 Å². The van der Waals surface area contributed by atoms with Crippen LogP contribution in [0.4, 0.5) is 10.9 Å². The Bertz CT molecular complexity index is 1370. The quantitative estimate of drug-likeness (QED) is 0.211. The second-order valence-corrected chi connectivity index (χ2v) is 11.1. The van der Waals surface area contributed by atoms with E-state index in [1.54, 1.807) is 0 Å². The summed E-state index contributed by atoms with van der Waals surface area (Å²) in [5, 5.41) is 15.0. The molecule has 5 rings (SSSR count). The number of aliphatic hydroxyl groups excluding tert-OH is 1. The SMILES string of the molecule is CC(C)COC(=O)c1nc(N2CCc3cccc(C(O)Nc4nc5ccccc5s4)c3C2)ccc1Br. The molecule has 0 spiro atoms. The van der Waals surface area contributed by atoms with Crippen LogP contribution in [-0.2, 0) is 17.7 Å². The van der Waals surface area contributed by atoms with Crippen LogP contribution in [0.3, 0.4) is 0 Å². The molecule has 0 bridgehead atoms. The number of carbonyl (C=O) groups is 1. The predicted molar refractivity (Wildman–Crippen MR) is 146 cm³/mol. The lowest BCUT2D eigenvalue weighted by Gasteiger charge is -2.32. The van der Waals surface area contributed by atoms with E-state index >= 15 is 0 Å². The summed E-state index contributed by atoms with van der Waals surface area (Å²) in [4.78, 5) is 24.0. The topological polar surface area (TPSA) is 87.6 Å². The molecule has 9 heteroatoms. The zero-order valence-corrected chi connectivity index (χ0v) is 22.5. The molecule has 0 amide bonds. The van der Waals surface area contributed by atoms with Crippen molar-refractivity contribution in [3.63, 3.8) is 0 Å². The Morgan fingerprint density at radius 3 is 2.81 bits per heavy atom. The fourth-order valence-corrected chi connectivity index (χ4v) is 5.52. The fourth-order valence-electron chi connectivity index (χ4n) is 4.25. The molecule has 2 aromatic carbocycles. The van der Waals surface area contributed by atoms with E-state index in [9.17, 15) is 9.90 Å². The van der Waals surface area contributed by atoms with Crippen LogP contribution in [0.5, 0.6) is 0 Å². The first-order chi connectivity index (χ1) is 17.4. The minimum absolute atomic E-state index is 0.246. The van der Waals surface area contributed by atoms with Gasteiger partial charge in [-0.05, 0) is 63.7 Å². The molecule has 1 aliphatic heterocycles. The Morgan fingerprint density at radius 1 is 1.17 bits per heavy atom. The molecule has 0 fully saturated rings. The van der Waals surface area contributed by atoms with E-state index in [-0.39, 0.29) is 11.6 Å². The minimum Gasteiger partial charge on any atom is -0.461 e. The third kappa shape index (κ3) is 5.23. The maximum absolute atomic E-state index is 12.6. The Hall–Kier alpha value is -3.01. The summed E-state index contributed by atoms with van der Waals surface area (Å²) in [5.41, 5.74) is 4.23. The number of aliphatic hydroxyl groups is 1. The molecule has 0 radical (unpaired) electrons. The van der Waals surface area contributed by atoms with Crippen LogP contribution in [-0.4, -0.2) is 34.2 Å². The van der Waals surface area contributed by atoms with Gasteiger partial charge in [-0.2, -0.15) is 0 Å². The van der Waals surface area contributed by atoms with Crippen molar-refractivity contribution in [1.29, 1.82) is 0 Å². The second-order valence-electron chi connectivity index (χ2n) is 9.18. The zero-order valence-electron chi connectivity index (χ0n) is 20.1. The summed E-state index contributed by atoms with van der Waals surface area (Å²) in [6.07, 6.45) is -0.0954. The van der Waals surface area contributed by atoms with Crippen molar-refractivity contribution in [3.8, 4) is 0 Å². The maximum atomic E-state index is 12.6. The van der Waals surface area contributed by atoms with Gasteiger partial charge in [0.1, 0.15) is 5.82 Å². The monoisotopic (exact) mass is 566 g/mol. The van der Waals surface area contributed by atoms with Crippen LogP contribution in [0, 0.1) is 5.92 Å². The number of pyridine rings is 1. The molecular weight excluding hydrogens is 540 g/mol. The molecule has 36 heavy (non-hydrogen) atoms. The van der Waals surface area contributed by atoms with E-state index in [1.807, 2.05) is 62.4 Å². The van der Waals surface area contributed by atoms with Crippen molar-refractivity contribution >= 4 is 54.4 Å². The van der Waals surface area contributed by atoms with Crippen LogP contribution in [0.2, 0.25) is 0 Å². The van der Waals surface area contributed by atoms with Gasteiger partial charge < -0.3 is 20.1 Å². The molecule has 0 aliphatic carbocycles. The summed E-state index contributed by atoms with van der Waals surface area (Å²) in [5.74, 6) is 0.505. The van der Waals surface area contributed by atoms with E-state index in [4.69, 9.17) is 4.74 Å². The molecule has 1 atom stereocenters. The highest BCUT2D eigenvalue weighted by atomic mass is 79.9. The molecule has 3 heterocycles. The molecular formula is C27H27BrN4O3S. The number of anilines is 2. The normalized spacial score (nSPS) is 14.1. The summed E-state index contributed by atoms with van der Waals surface area (Å²) >= 11 is 4.95. The highest BCUT2D eigenvalue weighted by Crippen LogP contribution is 2.33. The van der Waals surface area contributed by atoms with Crippen LogP contribution in [0.1, 0.15) is 47.3 Å². The Kier molecular flexibility index (Phi) is 7.22. The zero-order chi connectivity index (χ0) is 25.2. The summed E-state index contributed by atoms with van der Waals surface area (Å²) in [6, 6.07) is 17.7. The van der Waals surface area contributed by atoms with Crippen LogP contribution >= 0.6 is 27.3 Å². The molecule has 1 aliphatic rings. The number of rotatable bonds is 7. The number of aromatic nitrogens is 2. The number of thiazole rings is 1. The number of hydrogen-bond donors (Lipinski definition) is 2. The first-order valence-corrected chi connectivity index (χ1v) is 13.5. The van der Waals surface area contributed by atoms with Crippen molar-refractivity contribution in [2.24, 2.45) is 5.92 Å². The summed E-state index contributed by atoms with van der Waals surface area (Å²) in [6.45, 7) is 5.66. The molecule has 186 valence electrons. The van der Waals surface area contributed by atoms with Gasteiger partial charge in [-0.15, -0.1) is 0 Å². The minimum atomic E-state index is -0.903. The van der Waals surface area contributed by atoms with Crippen molar-refractivity contribution in [3.05, 3.63) is 81.5 Å². The average molecular weight is 568 g/mol. The number of nitrogens with zero attached hydrogens (tertiary/aromatic N) is 3.